The van der Waals surface area contributed by atoms with Crippen molar-refractivity contribution in [1.29, 1.82) is 0 Å². The van der Waals surface area contributed by atoms with E-state index >= 15 is 0 Å². The Labute approximate surface area is 116 Å². The fraction of sp³-hybridized carbons (Fsp3) is 0.333. The van der Waals surface area contributed by atoms with Crippen LogP contribution in [-0.2, 0) is 0 Å². The number of hydrogen-bond acceptors (Lipinski definition) is 4. The average Bonchev–Trinajstić information content (AvgIpc) is 2.85. The van der Waals surface area contributed by atoms with Crippen LogP contribution >= 0.6 is 11.3 Å². The Hall–Kier alpha value is -1.52. The molecule has 1 aromatic carbocycles. The standard InChI is InChI=1S/C15H16O3S/c1-9-3-6-15(19-9)14-8-12(16)11-7-10(17-2)4-5-13(11)18-14/h3-7,12,14,16H,8H2,1-2H3. The number of aliphatic hydroxyl groups is 1. The molecule has 1 aromatic heterocycles. The van der Waals surface area contributed by atoms with E-state index in [0.29, 0.717) is 6.42 Å². The van der Waals surface area contributed by atoms with E-state index in [0.717, 1.165) is 21.9 Å². The zero-order valence-electron chi connectivity index (χ0n) is 10.9. The molecule has 2 unspecified atom stereocenters. The van der Waals surface area contributed by atoms with Crippen molar-refractivity contribution in [3.63, 3.8) is 0 Å². The normalized spacial score (nSPS) is 21.6. The predicted octanol–water partition coefficient (Wildman–Crippen LogP) is 3.62. The topological polar surface area (TPSA) is 38.7 Å². The van der Waals surface area contributed by atoms with Gasteiger partial charge >= 0.3 is 0 Å². The number of ether oxygens (including phenoxy) is 2. The molecule has 0 saturated heterocycles. The van der Waals surface area contributed by atoms with Crippen molar-refractivity contribution in [2.24, 2.45) is 0 Å². The summed E-state index contributed by atoms with van der Waals surface area (Å²) in [5.41, 5.74) is 0.809. The molecule has 0 fully saturated rings. The van der Waals surface area contributed by atoms with Crippen molar-refractivity contribution < 1.29 is 14.6 Å². The molecule has 1 N–H and O–H groups in total. The smallest absolute Gasteiger partial charge is 0.136 e. The van der Waals surface area contributed by atoms with Gasteiger partial charge in [-0.15, -0.1) is 11.3 Å². The highest BCUT2D eigenvalue weighted by atomic mass is 32.1. The zero-order chi connectivity index (χ0) is 13.4. The first kappa shape index (κ1) is 12.5. The molecular formula is C15H16O3S. The molecule has 19 heavy (non-hydrogen) atoms. The minimum absolute atomic E-state index is 0.0606. The number of hydrogen-bond donors (Lipinski definition) is 1. The van der Waals surface area contributed by atoms with E-state index in [2.05, 4.69) is 19.1 Å². The Morgan fingerprint density at radius 1 is 1.32 bits per heavy atom. The summed E-state index contributed by atoms with van der Waals surface area (Å²) in [5.74, 6) is 1.49. The number of rotatable bonds is 2. The maximum Gasteiger partial charge on any atom is 0.136 e. The quantitative estimate of drug-likeness (QED) is 0.910. The highest BCUT2D eigenvalue weighted by Gasteiger charge is 2.29. The summed E-state index contributed by atoms with van der Waals surface area (Å²) in [6, 6.07) is 9.72. The molecular weight excluding hydrogens is 260 g/mol. The molecule has 0 aliphatic carbocycles. The van der Waals surface area contributed by atoms with Gasteiger partial charge in [-0.25, -0.2) is 0 Å². The van der Waals surface area contributed by atoms with Crippen molar-refractivity contribution in [2.45, 2.75) is 25.6 Å². The van der Waals surface area contributed by atoms with Gasteiger partial charge in [0, 0.05) is 21.7 Å². The predicted molar refractivity (Wildman–Crippen MR) is 75.0 cm³/mol. The van der Waals surface area contributed by atoms with Crippen molar-refractivity contribution >= 4 is 11.3 Å². The van der Waals surface area contributed by atoms with Crippen LogP contribution < -0.4 is 9.47 Å². The highest BCUT2D eigenvalue weighted by Crippen LogP contribution is 2.43. The van der Waals surface area contributed by atoms with E-state index in [9.17, 15) is 5.11 Å². The number of fused-ring (bicyclic) bond motifs is 1. The van der Waals surface area contributed by atoms with Crippen LogP contribution in [0.2, 0.25) is 0 Å². The average molecular weight is 276 g/mol. The lowest BCUT2D eigenvalue weighted by Crippen LogP contribution is -2.18. The van der Waals surface area contributed by atoms with Gasteiger partial charge in [0.05, 0.1) is 13.2 Å². The number of benzene rings is 1. The van der Waals surface area contributed by atoms with Crippen LogP contribution in [0.15, 0.2) is 30.3 Å². The van der Waals surface area contributed by atoms with Crippen LogP contribution in [0.25, 0.3) is 0 Å². The molecule has 4 heteroatoms. The summed E-state index contributed by atoms with van der Waals surface area (Å²) in [6.45, 7) is 2.08. The molecule has 100 valence electrons. The molecule has 0 spiro atoms. The maximum absolute atomic E-state index is 10.3. The molecule has 2 atom stereocenters. The van der Waals surface area contributed by atoms with E-state index in [4.69, 9.17) is 9.47 Å². The Morgan fingerprint density at radius 3 is 2.84 bits per heavy atom. The van der Waals surface area contributed by atoms with Crippen molar-refractivity contribution in [1.82, 2.24) is 0 Å². The van der Waals surface area contributed by atoms with Gasteiger partial charge in [-0.2, -0.15) is 0 Å². The maximum atomic E-state index is 10.3. The number of aliphatic hydroxyl groups excluding tert-OH is 1. The van der Waals surface area contributed by atoms with E-state index in [1.54, 1.807) is 18.4 Å². The zero-order valence-corrected chi connectivity index (χ0v) is 11.7. The van der Waals surface area contributed by atoms with Crippen LogP contribution in [0.3, 0.4) is 0 Å². The van der Waals surface area contributed by atoms with E-state index in [1.165, 1.54) is 4.88 Å². The SMILES string of the molecule is COc1ccc2c(c1)C(O)CC(c1ccc(C)s1)O2. The first-order chi connectivity index (χ1) is 9.17. The van der Waals surface area contributed by atoms with Gasteiger partial charge in [-0.3, -0.25) is 0 Å². The number of thiophene rings is 1. The highest BCUT2D eigenvalue weighted by molar-refractivity contribution is 7.12. The minimum atomic E-state index is -0.508. The molecule has 0 amide bonds. The summed E-state index contributed by atoms with van der Waals surface area (Å²) < 4.78 is 11.2. The molecule has 1 aliphatic heterocycles. The first-order valence-electron chi connectivity index (χ1n) is 6.26. The lowest BCUT2D eigenvalue weighted by atomic mass is 9.98. The van der Waals surface area contributed by atoms with Crippen LogP contribution in [0, 0.1) is 6.92 Å². The van der Waals surface area contributed by atoms with Gasteiger partial charge in [-0.05, 0) is 37.3 Å². The molecule has 0 radical (unpaired) electrons. The summed E-state index contributed by atoms with van der Waals surface area (Å²) in [5, 5.41) is 10.3. The second-order valence-electron chi connectivity index (χ2n) is 4.71. The van der Waals surface area contributed by atoms with Crippen LogP contribution in [0.4, 0.5) is 0 Å². The second kappa shape index (κ2) is 4.87. The number of aryl methyl sites for hydroxylation is 1. The largest absolute Gasteiger partial charge is 0.497 e. The summed E-state index contributed by atoms with van der Waals surface area (Å²) >= 11 is 1.72. The Kier molecular flexibility index (Phi) is 3.21. The van der Waals surface area contributed by atoms with Gasteiger partial charge < -0.3 is 14.6 Å². The lowest BCUT2D eigenvalue weighted by molar-refractivity contribution is 0.0671. The lowest BCUT2D eigenvalue weighted by Gasteiger charge is -2.29. The third kappa shape index (κ3) is 2.33. The van der Waals surface area contributed by atoms with Gasteiger partial charge in [0.2, 0.25) is 0 Å². The van der Waals surface area contributed by atoms with Gasteiger partial charge in [0.1, 0.15) is 17.6 Å². The van der Waals surface area contributed by atoms with Crippen molar-refractivity contribution in [2.75, 3.05) is 7.11 Å². The summed E-state index contributed by atoms with van der Waals surface area (Å²) in [6.07, 6.45) is 0.0148. The minimum Gasteiger partial charge on any atom is -0.497 e. The van der Waals surface area contributed by atoms with E-state index < -0.39 is 6.10 Å². The van der Waals surface area contributed by atoms with Crippen molar-refractivity contribution in [3.8, 4) is 11.5 Å². The molecule has 2 aromatic rings. The van der Waals surface area contributed by atoms with Gasteiger partial charge in [0.25, 0.3) is 0 Å². The monoisotopic (exact) mass is 276 g/mol. The van der Waals surface area contributed by atoms with Crippen LogP contribution in [-0.4, -0.2) is 12.2 Å². The molecule has 1 aliphatic rings. The fourth-order valence-corrected chi connectivity index (χ4v) is 3.27. The van der Waals surface area contributed by atoms with Gasteiger partial charge in [-0.1, -0.05) is 0 Å². The molecule has 2 heterocycles. The number of methoxy groups -OCH3 is 1. The first-order valence-corrected chi connectivity index (χ1v) is 7.08. The third-order valence-electron chi connectivity index (χ3n) is 3.36. The molecule has 3 nitrogen and oxygen atoms in total. The molecule has 0 saturated carbocycles. The Morgan fingerprint density at radius 2 is 2.16 bits per heavy atom. The third-order valence-corrected chi connectivity index (χ3v) is 4.45. The fourth-order valence-electron chi connectivity index (χ4n) is 2.35. The van der Waals surface area contributed by atoms with Crippen LogP contribution in [0.1, 0.15) is 33.9 Å². The second-order valence-corrected chi connectivity index (χ2v) is 6.03. The van der Waals surface area contributed by atoms with E-state index in [-0.39, 0.29) is 6.10 Å². The summed E-state index contributed by atoms with van der Waals surface area (Å²) in [4.78, 5) is 2.42. The van der Waals surface area contributed by atoms with Crippen molar-refractivity contribution in [3.05, 3.63) is 45.6 Å². The van der Waals surface area contributed by atoms with E-state index in [1.807, 2.05) is 18.2 Å². The van der Waals surface area contributed by atoms with Gasteiger partial charge in [0.15, 0.2) is 0 Å². The summed E-state index contributed by atoms with van der Waals surface area (Å²) in [7, 11) is 1.62. The Bertz CT molecular complexity index is 591. The molecule has 0 bridgehead atoms. The molecule has 3 rings (SSSR count). The Balaban J connectivity index is 1.92. The van der Waals surface area contributed by atoms with Crippen LogP contribution in [0.5, 0.6) is 11.5 Å².